The number of rotatable bonds is 18. The molecule has 1 aliphatic heterocycles. The molecule has 4 heterocycles. The van der Waals surface area contributed by atoms with Crippen molar-refractivity contribution in [1.29, 1.82) is 0 Å². The van der Waals surface area contributed by atoms with Crippen molar-refractivity contribution in [3.63, 3.8) is 0 Å². The molecule has 0 bridgehead atoms. The summed E-state index contributed by atoms with van der Waals surface area (Å²) in [4.78, 5) is 61.2. The van der Waals surface area contributed by atoms with Crippen molar-refractivity contribution >= 4 is 47.1 Å². The van der Waals surface area contributed by atoms with Crippen LogP contribution in [0.4, 0.5) is 0 Å². The first-order chi connectivity index (χ1) is 26.3. The second-order valence-electron chi connectivity index (χ2n) is 15.2. The molecule has 1 aromatic carbocycles. The summed E-state index contributed by atoms with van der Waals surface area (Å²) in [6.45, 7) is 14.6. The van der Waals surface area contributed by atoms with Gasteiger partial charge in [0.25, 0.3) is 12.4 Å². The van der Waals surface area contributed by atoms with Crippen LogP contribution >= 0.6 is 11.5 Å². The maximum absolute atomic E-state index is 13.8. The predicted octanol–water partition coefficient (Wildman–Crippen LogP) is 4.96. The zero-order valence-electron chi connectivity index (χ0n) is 33.1. The Bertz CT molecular complexity index is 1970. The molecule has 2 N–H and O–H groups in total. The van der Waals surface area contributed by atoms with Gasteiger partial charge < -0.3 is 24.3 Å². The third kappa shape index (κ3) is 9.39. The molecule has 296 valence electrons. The van der Waals surface area contributed by atoms with Gasteiger partial charge in [-0.3, -0.25) is 29.2 Å². The van der Waals surface area contributed by atoms with Crippen molar-refractivity contribution < 1.29 is 28.7 Å². The molecule has 3 aromatic heterocycles. The molecule has 14 nitrogen and oxygen atoms in total. The van der Waals surface area contributed by atoms with Crippen LogP contribution in [0.3, 0.4) is 0 Å². The number of nitrogens with zero attached hydrogens (tertiary/aromatic N) is 6. The first-order valence-corrected chi connectivity index (χ1v) is 19.6. The normalized spacial score (nSPS) is 15.1. The maximum Gasteiger partial charge on any atom is 0.293 e. The van der Waals surface area contributed by atoms with Crippen LogP contribution in [0, 0.1) is 11.3 Å². The fourth-order valence-corrected chi connectivity index (χ4v) is 8.08. The van der Waals surface area contributed by atoms with Gasteiger partial charge in [-0.2, -0.15) is 4.37 Å². The Hall–Kier alpha value is -4.73. The number of aryl methyl sites for hydroxylation is 1. The summed E-state index contributed by atoms with van der Waals surface area (Å²) < 4.78 is 18.0. The molecule has 0 aliphatic carbocycles. The Morgan fingerprint density at radius 2 is 1.95 bits per heavy atom. The first-order valence-electron chi connectivity index (χ1n) is 18.9. The topological polar surface area (TPSA) is 161 Å². The highest BCUT2D eigenvalue weighted by Gasteiger charge is 2.34. The molecule has 0 saturated carbocycles. The summed E-state index contributed by atoms with van der Waals surface area (Å²) in [7, 11) is 3.23. The fraction of sp³-hybridized carbons (Fsp3) is 0.525. The molecule has 3 atom stereocenters. The zero-order valence-corrected chi connectivity index (χ0v) is 33.9. The smallest absolute Gasteiger partial charge is 0.293 e. The van der Waals surface area contributed by atoms with Crippen LogP contribution in [-0.4, -0.2) is 99.5 Å². The van der Waals surface area contributed by atoms with Crippen LogP contribution in [-0.2, 0) is 48.0 Å². The summed E-state index contributed by atoms with van der Waals surface area (Å²) >= 11 is 1.23. The molecule has 15 heteroatoms. The Morgan fingerprint density at radius 3 is 2.60 bits per heavy atom. The highest BCUT2D eigenvalue weighted by Crippen LogP contribution is 2.41. The Kier molecular flexibility index (Phi) is 13.8. The first kappa shape index (κ1) is 41.4. The number of likely N-dealkylation sites (N-methyl/N-ethyl adjacent to an activating group) is 1. The van der Waals surface area contributed by atoms with E-state index in [2.05, 4.69) is 58.7 Å². The molecule has 0 radical (unpaired) electrons. The van der Waals surface area contributed by atoms with E-state index in [1.807, 2.05) is 32.9 Å². The average Bonchev–Trinajstić information content (AvgIpc) is 3.77. The maximum atomic E-state index is 13.8. The number of aromatic nitrogens is 4. The van der Waals surface area contributed by atoms with E-state index in [1.165, 1.54) is 16.4 Å². The number of ether oxygens (including phenoxy) is 2. The van der Waals surface area contributed by atoms with E-state index in [9.17, 15) is 19.2 Å². The van der Waals surface area contributed by atoms with Gasteiger partial charge in [-0.15, -0.1) is 0 Å². The number of carbonyl (C=O) groups excluding carboxylic acids is 4. The third-order valence-corrected chi connectivity index (χ3v) is 10.9. The number of carbonyl (C=O) groups is 4. The van der Waals surface area contributed by atoms with Crippen LogP contribution in [0.25, 0.3) is 32.7 Å². The van der Waals surface area contributed by atoms with Gasteiger partial charge in [0.15, 0.2) is 0 Å². The number of methoxy groups -OCH3 is 1. The molecule has 3 amide bonds. The van der Waals surface area contributed by atoms with Gasteiger partial charge in [0.05, 0.1) is 24.1 Å². The van der Waals surface area contributed by atoms with Crippen LogP contribution in [0.2, 0.25) is 0 Å². The SMILES string of the molecule is CCn1c(-c2cccnc2C(C)OC)c(CC(C)(C)COC=O)c2cc(-c3nc(CC(NC(=O)C(C(C)C)N(C)C=O)C(=O)N4CCCCN4)ns3)ccc21. The number of amides is 3. The summed E-state index contributed by atoms with van der Waals surface area (Å²) in [6.07, 6.45) is 4.63. The number of hydrogen-bond donors (Lipinski definition) is 2. The number of benzene rings is 1. The fourth-order valence-electron chi connectivity index (χ4n) is 7.40. The number of nitrogens with one attached hydrogen (secondary N) is 2. The number of fused-ring (bicyclic) bond motifs is 1. The minimum Gasteiger partial charge on any atom is -0.467 e. The second kappa shape index (κ2) is 18.3. The predicted molar refractivity (Wildman–Crippen MR) is 212 cm³/mol. The van der Waals surface area contributed by atoms with Crippen molar-refractivity contribution in [2.45, 2.75) is 92.0 Å². The van der Waals surface area contributed by atoms with Gasteiger partial charge in [0, 0.05) is 73.9 Å². The largest absolute Gasteiger partial charge is 0.467 e. The monoisotopic (exact) mass is 774 g/mol. The molecule has 5 rings (SSSR count). The quantitative estimate of drug-likeness (QED) is 0.132. The minimum absolute atomic E-state index is 0.0745. The lowest BCUT2D eigenvalue weighted by molar-refractivity contribution is -0.142. The van der Waals surface area contributed by atoms with Crippen molar-refractivity contribution in [2.75, 3.05) is 33.9 Å². The van der Waals surface area contributed by atoms with Gasteiger partial charge in [-0.25, -0.2) is 10.4 Å². The van der Waals surface area contributed by atoms with Gasteiger partial charge in [0.2, 0.25) is 12.3 Å². The molecule has 1 saturated heterocycles. The molecule has 1 aliphatic rings. The summed E-state index contributed by atoms with van der Waals surface area (Å²) in [5.41, 5.74) is 8.56. The molecular formula is C40H54N8O6S. The van der Waals surface area contributed by atoms with Crippen LogP contribution in [0.15, 0.2) is 36.5 Å². The lowest BCUT2D eigenvalue weighted by Crippen LogP contribution is -2.59. The Balaban J connectivity index is 1.56. The van der Waals surface area contributed by atoms with Crippen molar-refractivity contribution in [3.8, 4) is 21.8 Å². The molecule has 0 spiro atoms. The van der Waals surface area contributed by atoms with Crippen molar-refractivity contribution in [3.05, 3.63) is 53.6 Å². The summed E-state index contributed by atoms with van der Waals surface area (Å²) in [5, 5.41) is 6.18. The van der Waals surface area contributed by atoms with E-state index in [4.69, 9.17) is 19.4 Å². The van der Waals surface area contributed by atoms with Crippen LogP contribution in [0.5, 0.6) is 0 Å². The molecule has 3 unspecified atom stereocenters. The van der Waals surface area contributed by atoms with Crippen LogP contribution in [0.1, 0.15) is 77.6 Å². The molecular weight excluding hydrogens is 721 g/mol. The van der Waals surface area contributed by atoms with Crippen molar-refractivity contribution in [2.24, 2.45) is 11.3 Å². The van der Waals surface area contributed by atoms with Crippen molar-refractivity contribution in [1.82, 2.24) is 39.6 Å². The van der Waals surface area contributed by atoms with E-state index >= 15 is 0 Å². The van der Waals surface area contributed by atoms with E-state index in [0.29, 0.717) is 49.8 Å². The lowest BCUT2D eigenvalue weighted by Gasteiger charge is -2.33. The van der Waals surface area contributed by atoms with Crippen LogP contribution < -0.4 is 10.7 Å². The standard InChI is InChI=1S/C40H54N8O6S/c1-9-47-32-15-14-27(19-29(32)30(21-40(5,6)22-54-24-50)36(47)28-13-12-16-41-34(28)26(4)53-8)38-44-33(45-55-38)20-31(39(52)48-18-11-10-17-42-48)43-37(51)35(25(2)3)46(7)23-49/h12-16,19,23-26,31,35,42H,9-11,17-18,20-22H2,1-8H3,(H,43,51). The number of hydrogen-bond acceptors (Lipinski definition) is 11. The number of pyridine rings is 1. The summed E-state index contributed by atoms with van der Waals surface area (Å²) in [5.74, 6) is -0.447. The highest BCUT2D eigenvalue weighted by molar-refractivity contribution is 7.09. The zero-order chi connectivity index (χ0) is 39.9. The molecule has 55 heavy (non-hydrogen) atoms. The van der Waals surface area contributed by atoms with Gasteiger partial charge in [-0.1, -0.05) is 27.7 Å². The van der Waals surface area contributed by atoms with E-state index in [-0.39, 0.29) is 31.0 Å². The lowest BCUT2D eigenvalue weighted by atomic mass is 9.84. The van der Waals surface area contributed by atoms with Gasteiger partial charge in [0.1, 0.15) is 22.9 Å². The summed E-state index contributed by atoms with van der Waals surface area (Å²) in [6, 6.07) is 8.56. The minimum atomic E-state index is -0.948. The molecule has 1 fully saturated rings. The average molecular weight is 775 g/mol. The van der Waals surface area contributed by atoms with E-state index in [0.717, 1.165) is 51.8 Å². The molecule has 4 aromatic rings. The second-order valence-corrected chi connectivity index (χ2v) is 16.0. The Labute approximate surface area is 327 Å². The van der Waals surface area contributed by atoms with Gasteiger partial charge >= 0.3 is 0 Å². The number of hydrazine groups is 1. The highest BCUT2D eigenvalue weighted by atomic mass is 32.1. The van der Waals surface area contributed by atoms with E-state index < -0.39 is 23.4 Å². The van der Waals surface area contributed by atoms with E-state index in [1.54, 1.807) is 25.4 Å². The van der Waals surface area contributed by atoms with Gasteiger partial charge in [-0.05, 0) is 86.5 Å². The Morgan fingerprint density at radius 1 is 1.16 bits per heavy atom. The third-order valence-electron chi connectivity index (χ3n) is 10.1.